The third-order valence-electron chi connectivity index (χ3n) is 4.19. The van der Waals surface area contributed by atoms with Crippen molar-refractivity contribution in [3.05, 3.63) is 54.1 Å². The second kappa shape index (κ2) is 10.2. The lowest BCUT2D eigenvalue weighted by Gasteiger charge is -2.20. The van der Waals surface area contributed by atoms with E-state index in [1.54, 1.807) is 0 Å². The summed E-state index contributed by atoms with van der Waals surface area (Å²) < 4.78 is 17.0. The standard InChI is InChI=1S/C23H33NO3/c1-6-25-14-15-26-22-9-7-8-20(16-22)24-17-18(2)27-21-12-10-19(11-13-21)23(3,4)5/h7-13,16,18,24H,6,14-15,17H2,1-5H3. The molecule has 148 valence electrons. The molecule has 0 saturated carbocycles. The zero-order valence-electron chi connectivity index (χ0n) is 17.2. The number of hydrogen-bond acceptors (Lipinski definition) is 4. The summed E-state index contributed by atoms with van der Waals surface area (Å²) in [6.07, 6.45) is 0.0491. The molecule has 1 unspecified atom stereocenters. The van der Waals surface area contributed by atoms with Gasteiger partial charge in [0.25, 0.3) is 0 Å². The molecular weight excluding hydrogens is 338 g/mol. The van der Waals surface area contributed by atoms with Crippen LogP contribution in [0.25, 0.3) is 0 Å². The van der Waals surface area contributed by atoms with Gasteiger partial charge in [0.2, 0.25) is 0 Å². The molecule has 2 rings (SSSR count). The molecule has 0 amide bonds. The first-order chi connectivity index (χ1) is 12.9. The van der Waals surface area contributed by atoms with Crippen LogP contribution in [0.5, 0.6) is 11.5 Å². The second-order valence-corrected chi connectivity index (χ2v) is 7.66. The maximum atomic E-state index is 6.02. The minimum Gasteiger partial charge on any atom is -0.491 e. The highest BCUT2D eigenvalue weighted by Gasteiger charge is 2.13. The van der Waals surface area contributed by atoms with Gasteiger partial charge in [0.1, 0.15) is 24.2 Å². The Labute approximate surface area is 163 Å². The number of rotatable bonds is 10. The third kappa shape index (κ3) is 7.51. The Kier molecular flexibility index (Phi) is 7.99. The highest BCUT2D eigenvalue weighted by Crippen LogP contribution is 2.24. The van der Waals surface area contributed by atoms with Gasteiger partial charge in [-0.1, -0.05) is 39.0 Å². The van der Waals surface area contributed by atoms with E-state index in [2.05, 4.69) is 45.1 Å². The van der Waals surface area contributed by atoms with Crippen LogP contribution >= 0.6 is 0 Å². The van der Waals surface area contributed by atoms with Crippen molar-refractivity contribution in [2.45, 2.75) is 46.1 Å². The van der Waals surface area contributed by atoms with Crippen LogP contribution in [-0.2, 0) is 10.2 Å². The number of anilines is 1. The monoisotopic (exact) mass is 371 g/mol. The molecule has 4 heteroatoms. The normalized spacial score (nSPS) is 12.5. The lowest BCUT2D eigenvalue weighted by molar-refractivity contribution is 0.110. The molecule has 0 radical (unpaired) electrons. The summed E-state index contributed by atoms with van der Waals surface area (Å²) in [5.41, 5.74) is 2.48. The maximum Gasteiger partial charge on any atom is 0.121 e. The summed E-state index contributed by atoms with van der Waals surface area (Å²) in [7, 11) is 0. The smallest absolute Gasteiger partial charge is 0.121 e. The van der Waals surface area contributed by atoms with Gasteiger partial charge < -0.3 is 19.5 Å². The van der Waals surface area contributed by atoms with Crippen LogP contribution < -0.4 is 14.8 Å². The zero-order chi connectivity index (χ0) is 19.7. The predicted octanol–water partition coefficient (Wildman–Crippen LogP) is 5.28. The summed E-state index contributed by atoms with van der Waals surface area (Å²) in [6.45, 7) is 13.3. The summed E-state index contributed by atoms with van der Waals surface area (Å²) in [5, 5.41) is 3.41. The van der Waals surface area contributed by atoms with Crippen molar-refractivity contribution in [1.82, 2.24) is 0 Å². The number of hydrogen-bond donors (Lipinski definition) is 1. The van der Waals surface area contributed by atoms with Crippen LogP contribution in [-0.4, -0.2) is 32.5 Å². The zero-order valence-corrected chi connectivity index (χ0v) is 17.2. The molecule has 0 bridgehead atoms. The van der Waals surface area contributed by atoms with Gasteiger partial charge in [-0.15, -0.1) is 0 Å². The largest absolute Gasteiger partial charge is 0.491 e. The molecule has 0 aromatic heterocycles. The van der Waals surface area contributed by atoms with Crippen LogP contribution in [0.1, 0.15) is 40.2 Å². The molecule has 0 saturated heterocycles. The van der Waals surface area contributed by atoms with Gasteiger partial charge in [-0.2, -0.15) is 0 Å². The number of nitrogens with one attached hydrogen (secondary N) is 1. The molecule has 0 aliphatic heterocycles. The molecular formula is C23H33NO3. The van der Waals surface area contributed by atoms with E-state index in [-0.39, 0.29) is 11.5 Å². The number of ether oxygens (including phenoxy) is 3. The lowest BCUT2D eigenvalue weighted by Crippen LogP contribution is -2.22. The fraction of sp³-hybridized carbons (Fsp3) is 0.478. The Morgan fingerprint density at radius 1 is 0.963 bits per heavy atom. The van der Waals surface area contributed by atoms with Gasteiger partial charge in [0.15, 0.2) is 0 Å². The Hall–Kier alpha value is -2.20. The molecule has 2 aromatic carbocycles. The first-order valence-corrected chi connectivity index (χ1v) is 9.70. The highest BCUT2D eigenvalue weighted by atomic mass is 16.5. The molecule has 2 aromatic rings. The van der Waals surface area contributed by atoms with E-state index in [4.69, 9.17) is 14.2 Å². The molecule has 0 aliphatic rings. The van der Waals surface area contributed by atoms with Gasteiger partial charge in [0, 0.05) is 18.4 Å². The molecule has 4 nitrogen and oxygen atoms in total. The molecule has 0 spiro atoms. The fourth-order valence-electron chi connectivity index (χ4n) is 2.63. The van der Waals surface area contributed by atoms with Crippen molar-refractivity contribution in [2.75, 3.05) is 31.7 Å². The Morgan fingerprint density at radius 3 is 2.37 bits per heavy atom. The SMILES string of the molecule is CCOCCOc1cccc(NCC(C)Oc2ccc(C(C)(C)C)cc2)c1. The Bertz CT molecular complexity index is 677. The van der Waals surface area contributed by atoms with E-state index in [1.165, 1.54) is 5.56 Å². The molecule has 0 aliphatic carbocycles. The van der Waals surface area contributed by atoms with Gasteiger partial charge in [0.05, 0.1) is 13.2 Å². The van der Waals surface area contributed by atoms with E-state index >= 15 is 0 Å². The minimum atomic E-state index is 0.0491. The predicted molar refractivity (Wildman–Crippen MR) is 112 cm³/mol. The average molecular weight is 372 g/mol. The summed E-state index contributed by atoms with van der Waals surface area (Å²) >= 11 is 0. The van der Waals surface area contributed by atoms with E-state index in [0.29, 0.717) is 26.4 Å². The fourth-order valence-corrected chi connectivity index (χ4v) is 2.63. The first-order valence-electron chi connectivity index (χ1n) is 9.70. The first kappa shape index (κ1) is 21.1. The van der Waals surface area contributed by atoms with E-state index in [1.807, 2.05) is 43.3 Å². The number of benzene rings is 2. The van der Waals surface area contributed by atoms with Crippen molar-refractivity contribution < 1.29 is 14.2 Å². The topological polar surface area (TPSA) is 39.7 Å². The van der Waals surface area contributed by atoms with Crippen LogP contribution in [0, 0.1) is 0 Å². The maximum absolute atomic E-state index is 6.02. The summed E-state index contributed by atoms with van der Waals surface area (Å²) in [4.78, 5) is 0. The quantitative estimate of drug-likeness (QED) is 0.577. The summed E-state index contributed by atoms with van der Waals surface area (Å²) in [6, 6.07) is 16.3. The van der Waals surface area contributed by atoms with Crippen molar-refractivity contribution in [3.8, 4) is 11.5 Å². The molecule has 27 heavy (non-hydrogen) atoms. The van der Waals surface area contributed by atoms with E-state index < -0.39 is 0 Å². The van der Waals surface area contributed by atoms with E-state index in [9.17, 15) is 0 Å². The Balaban J connectivity index is 1.80. The van der Waals surface area contributed by atoms with Gasteiger partial charge in [-0.3, -0.25) is 0 Å². The van der Waals surface area contributed by atoms with E-state index in [0.717, 1.165) is 17.2 Å². The lowest BCUT2D eigenvalue weighted by atomic mass is 9.87. The van der Waals surface area contributed by atoms with Crippen LogP contribution in [0.3, 0.4) is 0 Å². The van der Waals surface area contributed by atoms with Crippen molar-refractivity contribution >= 4 is 5.69 Å². The van der Waals surface area contributed by atoms with Crippen molar-refractivity contribution in [1.29, 1.82) is 0 Å². The second-order valence-electron chi connectivity index (χ2n) is 7.66. The van der Waals surface area contributed by atoms with Crippen LogP contribution in [0.4, 0.5) is 5.69 Å². The molecule has 0 heterocycles. The summed E-state index contributed by atoms with van der Waals surface area (Å²) in [5.74, 6) is 1.73. The molecule has 1 atom stereocenters. The Morgan fingerprint density at radius 2 is 1.70 bits per heavy atom. The van der Waals surface area contributed by atoms with Crippen molar-refractivity contribution in [3.63, 3.8) is 0 Å². The van der Waals surface area contributed by atoms with Crippen LogP contribution in [0.15, 0.2) is 48.5 Å². The molecule has 1 N–H and O–H groups in total. The van der Waals surface area contributed by atoms with Crippen molar-refractivity contribution in [2.24, 2.45) is 0 Å². The minimum absolute atomic E-state index is 0.0491. The average Bonchev–Trinajstić information content (AvgIpc) is 2.64. The van der Waals surface area contributed by atoms with Gasteiger partial charge in [-0.05, 0) is 49.1 Å². The highest BCUT2D eigenvalue weighted by molar-refractivity contribution is 5.48. The molecule has 0 fully saturated rings. The van der Waals surface area contributed by atoms with Gasteiger partial charge in [-0.25, -0.2) is 0 Å². The third-order valence-corrected chi connectivity index (χ3v) is 4.19. The van der Waals surface area contributed by atoms with Gasteiger partial charge >= 0.3 is 0 Å². The van der Waals surface area contributed by atoms with Crippen LogP contribution in [0.2, 0.25) is 0 Å².